The molecule has 0 spiro atoms. The maximum atomic E-state index is 13.4. The summed E-state index contributed by atoms with van der Waals surface area (Å²) in [5.74, 6) is 1.41. The highest BCUT2D eigenvalue weighted by Gasteiger charge is 2.44. The molecule has 6 heterocycles. The number of piperazine rings is 1. The van der Waals surface area contributed by atoms with Crippen molar-refractivity contribution in [1.82, 2.24) is 20.6 Å². The maximum Gasteiger partial charge on any atom is 0.270 e. The Balaban J connectivity index is 1.51. The van der Waals surface area contributed by atoms with Gasteiger partial charge >= 0.3 is 0 Å². The van der Waals surface area contributed by atoms with Crippen LogP contribution in [0.4, 0.5) is 5.82 Å². The zero-order chi connectivity index (χ0) is 22.0. The first-order valence-corrected chi connectivity index (χ1v) is 11.9. The molecule has 3 saturated heterocycles. The minimum Gasteiger partial charge on any atom is -0.475 e. The summed E-state index contributed by atoms with van der Waals surface area (Å²) in [7, 11) is 0. The summed E-state index contributed by atoms with van der Waals surface area (Å²) < 4.78 is 11.8. The van der Waals surface area contributed by atoms with Gasteiger partial charge in [0.15, 0.2) is 0 Å². The van der Waals surface area contributed by atoms with Crippen LogP contribution in [-0.4, -0.2) is 66.4 Å². The number of aryl methyl sites for hydroxylation is 3. The molecule has 4 aliphatic heterocycles. The van der Waals surface area contributed by atoms with Gasteiger partial charge in [-0.1, -0.05) is 0 Å². The van der Waals surface area contributed by atoms with E-state index in [1.54, 1.807) is 0 Å². The molecule has 2 N–H and O–H groups in total. The van der Waals surface area contributed by atoms with Gasteiger partial charge < -0.3 is 25.0 Å². The zero-order valence-electron chi connectivity index (χ0n) is 19.0. The van der Waals surface area contributed by atoms with Gasteiger partial charge in [0.2, 0.25) is 5.88 Å². The van der Waals surface area contributed by atoms with Crippen molar-refractivity contribution < 1.29 is 14.3 Å². The Hall–Kier alpha value is -2.45. The molecular weight excluding hydrogens is 406 g/mol. The fourth-order valence-corrected chi connectivity index (χ4v) is 5.94. The number of aromatic nitrogens is 2. The number of fused-ring (bicyclic) bond motifs is 5. The number of rotatable bonds is 2. The highest BCUT2D eigenvalue weighted by atomic mass is 16.5. The summed E-state index contributed by atoms with van der Waals surface area (Å²) in [6.07, 6.45) is 3.99. The molecule has 8 heteroatoms. The molecule has 3 fully saturated rings. The second kappa shape index (κ2) is 7.56. The fraction of sp³-hybridized carbons (Fsp3) is 0.625. The smallest absolute Gasteiger partial charge is 0.270 e. The second-order valence-electron chi connectivity index (χ2n) is 9.72. The third-order valence-electron chi connectivity index (χ3n) is 7.81. The van der Waals surface area contributed by atoms with E-state index >= 15 is 0 Å². The number of amides is 1. The first kappa shape index (κ1) is 20.2. The molecule has 2 bridgehead atoms. The lowest BCUT2D eigenvalue weighted by molar-refractivity contribution is 0.0694. The van der Waals surface area contributed by atoms with Crippen molar-refractivity contribution in [2.75, 3.05) is 31.3 Å². The van der Waals surface area contributed by atoms with E-state index in [1.165, 1.54) is 6.42 Å². The van der Waals surface area contributed by atoms with Crippen molar-refractivity contribution in [3.05, 3.63) is 22.5 Å². The Morgan fingerprint density at radius 1 is 1.06 bits per heavy atom. The Bertz CT molecular complexity index is 1100. The second-order valence-corrected chi connectivity index (χ2v) is 9.72. The van der Waals surface area contributed by atoms with Gasteiger partial charge in [-0.3, -0.25) is 4.79 Å². The van der Waals surface area contributed by atoms with E-state index in [4.69, 9.17) is 19.4 Å². The highest BCUT2D eigenvalue weighted by Crippen LogP contribution is 2.42. The summed E-state index contributed by atoms with van der Waals surface area (Å²) >= 11 is 0. The van der Waals surface area contributed by atoms with E-state index in [2.05, 4.69) is 22.5 Å². The SMILES string of the molecule is Cc1nc2c3c(nc(C(=O)NC4CCOCC4)c(C)c3c1C)N1CC3CCC(N3)C1CO2. The number of hydrogen-bond acceptors (Lipinski definition) is 7. The first-order chi connectivity index (χ1) is 15.5. The number of carbonyl (C=O) groups excluding carboxylic acids is 1. The predicted octanol–water partition coefficient (Wildman–Crippen LogP) is 2.17. The van der Waals surface area contributed by atoms with Crippen LogP contribution in [0.25, 0.3) is 10.8 Å². The van der Waals surface area contributed by atoms with Crippen LogP contribution in [0.15, 0.2) is 0 Å². The normalized spacial score (nSPS) is 27.1. The molecular formula is C24H31N5O3. The quantitative estimate of drug-likeness (QED) is 0.744. The molecule has 32 heavy (non-hydrogen) atoms. The van der Waals surface area contributed by atoms with Gasteiger partial charge in [0.1, 0.15) is 18.1 Å². The Kier molecular flexibility index (Phi) is 4.76. The number of anilines is 1. The van der Waals surface area contributed by atoms with Crippen LogP contribution < -0.4 is 20.3 Å². The number of hydrogen-bond donors (Lipinski definition) is 2. The van der Waals surface area contributed by atoms with Crippen molar-refractivity contribution in [1.29, 1.82) is 0 Å². The van der Waals surface area contributed by atoms with Crippen LogP contribution in [0.3, 0.4) is 0 Å². The van der Waals surface area contributed by atoms with E-state index in [9.17, 15) is 4.79 Å². The van der Waals surface area contributed by atoms with Gasteiger partial charge in [-0.25, -0.2) is 9.97 Å². The number of nitrogens with zero attached hydrogens (tertiary/aromatic N) is 3. The van der Waals surface area contributed by atoms with Gasteiger partial charge in [-0.2, -0.15) is 0 Å². The predicted molar refractivity (Wildman–Crippen MR) is 122 cm³/mol. The number of ether oxygens (including phenoxy) is 2. The van der Waals surface area contributed by atoms with E-state index in [1.807, 2.05) is 13.8 Å². The Morgan fingerprint density at radius 2 is 1.88 bits per heavy atom. The van der Waals surface area contributed by atoms with Gasteiger partial charge in [0.25, 0.3) is 5.91 Å². The zero-order valence-corrected chi connectivity index (χ0v) is 19.0. The lowest BCUT2D eigenvalue weighted by atomic mass is 9.98. The van der Waals surface area contributed by atoms with Crippen LogP contribution >= 0.6 is 0 Å². The van der Waals surface area contributed by atoms with Gasteiger partial charge in [-0.15, -0.1) is 0 Å². The van der Waals surface area contributed by atoms with Crippen LogP contribution in [-0.2, 0) is 4.74 Å². The molecule has 2 aromatic heterocycles. The molecule has 170 valence electrons. The van der Waals surface area contributed by atoms with E-state index < -0.39 is 0 Å². The topological polar surface area (TPSA) is 88.6 Å². The third-order valence-corrected chi connectivity index (χ3v) is 7.81. The van der Waals surface area contributed by atoms with Crippen molar-refractivity contribution in [3.8, 4) is 5.88 Å². The van der Waals surface area contributed by atoms with Crippen molar-refractivity contribution in [2.45, 2.75) is 70.6 Å². The summed E-state index contributed by atoms with van der Waals surface area (Å²) in [6, 6.07) is 1.15. The summed E-state index contributed by atoms with van der Waals surface area (Å²) in [4.78, 5) is 25.7. The molecule has 8 nitrogen and oxygen atoms in total. The molecule has 2 aromatic rings. The fourth-order valence-electron chi connectivity index (χ4n) is 5.94. The lowest BCUT2D eigenvalue weighted by Gasteiger charge is -2.40. The van der Waals surface area contributed by atoms with Crippen LogP contribution in [0.5, 0.6) is 5.88 Å². The Labute approximate surface area is 188 Å². The summed E-state index contributed by atoms with van der Waals surface area (Å²) in [6.45, 7) is 8.94. The molecule has 0 radical (unpaired) electrons. The third kappa shape index (κ3) is 3.07. The molecule has 0 aliphatic carbocycles. The van der Waals surface area contributed by atoms with Gasteiger partial charge in [-0.05, 0) is 57.6 Å². The molecule has 4 aliphatic rings. The number of nitrogens with one attached hydrogen (secondary N) is 2. The summed E-state index contributed by atoms with van der Waals surface area (Å²) in [5, 5.41) is 8.97. The van der Waals surface area contributed by atoms with E-state index in [0.717, 1.165) is 59.2 Å². The van der Waals surface area contributed by atoms with Crippen LogP contribution in [0.2, 0.25) is 0 Å². The van der Waals surface area contributed by atoms with Crippen LogP contribution in [0.1, 0.15) is 53.0 Å². The van der Waals surface area contributed by atoms with E-state index in [-0.39, 0.29) is 18.0 Å². The van der Waals surface area contributed by atoms with Crippen molar-refractivity contribution >= 4 is 22.5 Å². The first-order valence-electron chi connectivity index (χ1n) is 11.9. The molecule has 6 rings (SSSR count). The highest BCUT2D eigenvalue weighted by molar-refractivity contribution is 6.06. The average Bonchev–Trinajstić information content (AvgIpc) is 3.10. The minimum absolute atomic E-state index is 0.0946. The molecule has 0 aromatic carbocycles. The Morgan fingerprint density at radius 3 is 2.69 bits per heavy atom. The molecule has 1 amide bonds. The van der Waals surface area contributed by atoms with Gasteiger partial charge in [0, 0.05) is 49.0 Å². The van der Waals surface area contributed by atoms with Crippen LogP contribution in [0, 0.1) is 20.8 Å². The molecule has 3 atom stereocenters. The van der Waals surface area contributed by atoms with Gasteiger partial charge in [0.05, 0.1) is 11.4 Å². The molecule has 0 saturated carbocycles. The van der Waals surface area contributed by atoms with Crippen molar-refractivity contribution in [3.63, 3.8) is 0 Å². The largest absolute Gasteiger partial charge is 0.475 e. The van der Waals surface area contributed by atoms with E-state index in [0.29, 0.717) is 43.5 Å². The lowest BCUT2D eigenvalue weighted by Crippen LogP contribution is -2.60. The summed E-state index contributed by atoms with van der Waals surface area (Å²) in [5.41, 5.74) is 3.44. The minimum atomic E-state index is -0.0946. The standard InChI is InChI=1S/C24H31N5O3/c1-12-14(3)25-24-20-19(12)13(2)21(23(30)27-15-6-8-31-9-7-15)28-22(20)29-10-16-4-5-17(26-16)18(29)11-32-24/h15-18,26H,4-11H2,1-3H3,(H,27,30). The monoisotopic (exact) mass is 437 g/mol. The number of carbonyl (C=O) groups is 1. The average molecular weight is 438 g/mol. The molecule has 3 unspecified atom stereocenters. The van der Waals surface area contributed by atoms with Crippen molar-refractivity contribution in [2.24, 2.45) is 0 Å². The number of pyridine rings is 2. The maximum absolute atomic E-state index is 13.4.